The summed E-state index contributed by atoms with van der Waals surface area (Å²) in [6.07, 6.45) is 1.63. The van der Waals surface area contributed by atoms with E-state index in [2.05, 4.69) is 10.5 Å². The lowest BCUT2D eigenvalue weighted by atomic mass is 10.1. The Morgan fingerprint density at radius 3 is 2.62 bits per heavy atom. The Balaban J connectivity index is 1.54. The van der Waals surface area contributed by atoms with Gasteiger partial charge in [0.15, 0.2) is 6.61 Å². The molecule has 0 radical (unpaired) electrons. The van der Waals surface area contributed by atoms with E-state index in [4.69, 9.17) is 4.74 Å². The van der Waals surface area contributed by atoms with Gasteiger partial charge in [0.2, 0.25) is 0 Å². The predicted molar refractivity (Wildman–Crippen MR) is 96.4 cm³/mol. The lowest BCUT2D eigenvalue weighted by Crippen LogP contribution is -2.24. The third-order valence-electron chi connectivity index (χ3n) is 3.67. The van der Waals surface area contributed by atoms with E-state index in [-0.39, 0.29) is 12.5 Å². The molecule has 0 aliphatic rings. The Morgan fingerprint density at radius 1 is 1.04 bits per heavy atom. The van der Waals surface area contributed by atoms with E-state index in [0.717, 1.165) is 21.9 Å². The van der Waals surface area contributed by atoms with Crippen LogP contribution in [0.25, 0.3) is 10.8 Å². The average Bonchev–Trinajstić information content (AvgIpc) is 2.61. The van der Waals surface area contributed by atoms with Crippen molar-refractivity contribution in [3.8, 4) is 5.75 Å². The van der Waals surface area contributed by atoms with Crippen LogP contribution in [0.1, 0.15) is 11.1 Å². The van der Waals surface area contributed by atoms with Crippen LogP contribution >= 0.6 is 0 Å². The Kier molecular flexibility index (Phi) is 4.87. The number of rotatable bonds is 5. The molecule has 0 heterocycles. The number of nitrogens with zero attached hydrogens (tertiary/aromatic N) is 1. The lowest BCUT2D eigenvalue weighted by Gasteiger charge is -2.06. The molecule has 0 atom stereocenters. The number of nitrogens with one attached hydrogen (secondary N) is 1. The molecule has 0 aliphatic carbocycles. The van der Waals surface area contributed by atoms with Crippen molar-refractivity contribution < 1.29 is 9.53 Å². The third kappa shape index (κ3) is 3.98. The van der Waals surface area contributed by atoms with Crippen LogP contribution in [0.4, 0.5) is 0 Å². The van der Waals surface area contributed by atoms with Gasteiger partial charge in [-0.25, -0.2) is 5.43 Å². The number of hydrazone groups is 1. The maximum absolute atomic E-state index is 11.8. The summed E-state index contributed by atoms with van der Waals surface area (Å²) in [5.41, 5.74) is 4.54. The molecule has 1 amide bonds. The Bertz CT molecular complexity index is 887. The second-order valence-electron chi connectivity index (χ2n) is 5.45. The number of carbonyl (C=O) groups excluding carboxylic acids is 1. The number of benzene rings is 3. The molecule has 0 fully saturated rings. The highest BCUT2D eigenvalue weighted by Gasteiger charge is 2.02. The van der Waals surface area contributed by atoms with Gasteiger partial charge in [0, 0.05) is 0 Å². The van der Waals surface area contributed by atoms with Crippen LogP contribution in [0, 0.1) is 6.92 Å². The number of carbonyl (C=O) groups is 1. The molecule has 1 N–H and O–H groups in total. The highest BCUT2D eigenvalue weighted by atomic mass is 16.5. The molecule has 0 saturated carbocycles. The van der Waals surface area contributed by atoms with Gasteiger partial charge in [-0.15, -0.1) is 0 Å². The molecule has 0 bridgehead atoms. The van der Waals surface area contributed by atoms with E-state index < -0.39 is 0 Å². The first kappa shape index (κ1) is 15.7. The fourth-order valence-corrected chi connectivity index (χ4v) is 2.34. The van der Waals surface area contributed by atoms with Gasteiger partial charge in [0.25, 0.3) is 5.91 Å². The van der Waals surface area contributed by atoms with Crippen LogP contribution in [0.5, 0.6) is 5.75 Å². The van der Waals surface area contributed by atoms with Crippen LogP contribution in [-0.2, 0) is 4.79 Å². The normalized spacial score (nSPS) is 10.9. The number of hydrogen-bond donors (Lipinski definition) is 1. The monoisotopic (exact) mass is 318 g/mol. The fraction of sp³-hybridized carbons (Fsp3) is 0.100. The third-order valence-corrected chi connectivity index (χ3v) is 3.67. The van der Waals surface area contributed by atoms with Crippen LogP contribution < -0.4 is 10.2 Å². The van der Waals surface area contributed by atoms with Crippen molar-refractivity contribution in [2.45, 2.75) is 6.92 Å². The molecule has 3 rings (SSSR count). The highest BCUT2D eigenvalue weighted by molar-refractivity contribution is 5.85. The molecule has 4 nitrogen and oxygen atoms in total. The second kappa shape index (κ2) is 7.42. The standard InChI is InChI=1S/C20H18N2O2/c1-15-6-2-3-9-18(15)13-21-22-20(23)14-24-19-11-10-16-7-4-5-8-17(16)12-19/h2-13H,14H2,1H3,(H,22,23)/b21-13+. The molecule has 3 aromatic carbocycles. The fourth-order valence-electron chi connectivity index (χ4n) is 2.34. The van der Waals surface area contributed by atoms with Gasteiger partial charge in [-0.3, -0.25) is 4.79 Å². The van der Waals surface area contributed by atoms with E-state index in [1.54, 1.807) is 6.21 Å². The number of hydrogen-bond acceptors (Lipinski definition) is 3. The van der Waals surface area contributed by atoms with E-state index in [1.165, 1.54) is 0 Å². The molecule has 0 spiro atoms. The molecule has 120 valence electrons. The summed E-state index contributed by atoms with van der Waals surface area (Å²) in [7, 11) is 0. The first-order valence-electron chi connectivity index (χ1n) is 7.71. The molecular weight excluding hydrogens is 300 g/mol. The number of ether oxygens (including phenoxy) is 1. The summed E-state index contributed by atoms with van der Waals surface area (Å²) < 4.78 is 5.52. The predicted octanol–water partition coefficient (Wildman–Crippen LogP) is 3.68. The van der Waals surface area contributed by atoms with Gasteiger partial charge >= 0.3 is 0 Å². The van der Waals surface area contributed by atoms with Crippen molar-refractivity contribution in [2.75, 3.05) is 6.61 Å². The maximum Gasteiger partial charge on any atom is 0.277 e. The minimum absolute atomic E-state index is 0.0799. The minimum Gasteiger partial charge on any atom is -0.484 e. The summed E-state index contributed by atoms with van der Waals surface area (Å²) in [6.45, 7) is 1.91. The summed E-state index contributed by atoms with van der Waals surface area (Å²) in [5.74, 6) is 0.361. The quantitative estimate of drug-likeness (QED) is 0.576. The van der Waals surface area contributed by atoms with Crippen LogP contribution in [0.15, 0.2) is 71.8 Å². The summed E-state index contributed by atoms with van der Waals surface area (Å²) in [4.78, 5) is 11.8. The Hall–Kier alpha value is -3.14. The van der Waals surface area contributed by atoms with Crippen molar-refractivity contribution in [1.29, 1.82) is 0 Å². The SMILES string of the molecule is Cc1ccccc1/C=N/NC(=O)COc1ccc2ccccc2c1. The highest BCUT2D eigenvalue weighted by Crippen LogP contribution is 2.20. The summed E-state index contributed by atoms with van der Waals surface area (Å²) in [6, 6.07) is 21.6. The van der Waals surface area contributed by atoms with Crippen LogP contribution in [0.3, 0.4) is 0 Å². The van der Waals surface area contributed by atoms with Crippen LogP contribution in [-0.4, -0.2) is 18.7 Å². The zero-order chi connectivity index (χ0) is 16.8. The first-order valence-corrected chi connectivity index (χ1v) is 7.71. The van der Waals surface area contributed by atoms with E-state index in [0.29, 0.717) is 5.75 Å². The lowest BCUT2D eigenvalue weighted by molar-refractivity contribution is -0.123. The van der Waals surface area contributed by atoms with Crippen molar-refractivity contribution in [3.63, 3.8) is 0 Å². The molecule has 0 unspecified atom stereocenters. The smallest absolute Gasteiger partial charge is 0.277 e. The van der Waals surface area contributed by atoms with Gasteiger partial charge in [0.1, 0.15) is 5.75 Å². The minimum atomic E-state index is -0.298. The van der Waals surface area contributed by atoms with Crippen molar-refractivity contribution in [3.05, 3.63) is 77.9 Å². The molecule has 4 heteroatoms. The molecular formula is C20H18N2O2. The molecule has 3 aromatic rings. The van der Waals surface area contributed by atoms with Gasteiger partial charge in [0.05, 0.1) is 6.21 Å². The molecule has 24 heavy (non-hydrogen) atoms. The first-order chi connectivity index (χ1) is 11.7. The molecule has 0 aromatic heterocycles. The van der Waals surface area contributed by atoms with E-state index >= 15 is 0 Å². The van der Waals surface area contributed by atoms with Crippen molar-refractivity contribution >= 4 is 22.9 Å². The van der Waals surface area contributed by atoms with Gasteiger partial charge in [-0.05, 0) is 41.0 Å². The summed E-state index contributed by atoms with van der Waals surface area (Å²) >= 11 is 0. The van der Waals surface area contributed by atoms with Gasteiger partial charge in [-0.2, -0.15) is 5.10 Å². The Morgan fingerprint density at radius 2 is 1.79 bits per heavy atom. The van der Waals surface area contributed by atoms with Crippen LogP contribution in [0.2, 0.25) is 0 Å². The number of fused-ring (bicyclic) bond motifs is 1. The summed E-state index contributed by atoms with van der Waals surface area (Å²) in [5, 5.41) is 6.17. The molecule has 0 saturated heterocycles. The number of aryl methyl sites for hydroxylation is 1. The largest absolute Gasteiger partial charge is 0.484 e. The Labute approximate surface area is 140 Å². The second-order valence-corrected chi connectivity index (χ2v) is 5.45. The average molecular weight is 318 g/mol. The molecule has 0 aliphatic heterocycles. The zero-order valence-electron chi connectivity index (χ0n) is 13.4. The van der Waals surface area contributed by atoms with Crippen molar-refractivity contribution in [2.24, 2.45) is 5.10 Å². The van der Waals surface area contributed by atoms with E-state index in [9.17, 15) is 4.79 Å². The number of amides is 1. The van der Waals surface area contributed by atoms with Crippen molar-refractivity contribution in [1.82, 2.24) is 5.43 Å². The topological polar surface area (TPSA) is 50.7 Å². The van der Waals surface area contributed by atoms with Gasteiger partial charge in [-0.1, -0.05) is 54.6 Å². The van der Waals surface area contributed by atoms with Gasteiger partial charge < -0.3 is 4.74 Å². The van der Waals surface area contributed by atoms with E-state index in [1.807, 2.05) is 73.7 Å². The maximum atomic E-state index is 11.8. The zero-order valence-corrected chi connectivity index (χ0v) is 13.4.